The van der Waals surface area contributed by atoms with Gasteiger partial charge >= 0.3 is 12.0 Å². The molecule has 1 aromatic heterocycles. The van der Waals surface area contributed by atoms with Crippen LogP contribution in [0.3, 0.4) is 0 Å². The maximum Gasteiger partial charge on any atom is 0.316 e. The third-order valence-electron chi connectivity index (χ3n) is 6.20. The highest BCUT2D eigenvalue weighted by molar-refractivity contribution is 5.77. The van der Waals surface area contributed by atoms with Gasteiger partial charge < -0.3 is 30.5 Å². The minimum absolute atomic E-state index is 0.0726. The lowest BCUT2D eigenvalue weighted by atomic mass is 9.92. The van der Waals surface area contributed by atoms with Crippen LogP contribution in [0.25, 0.3) is 0 Å². The second-order valence-corrected chi connectivity index (χ2v) is 9.71. The Balaban J connectivity index is 2.03. The van der Waals surface area contributed by atoms with Crippen molar-refractivity contribution >= 4 is 23.0 Å². The number of carboxylic acids is 1. The number of hydrogen-bond acceptors (Lipinski definition) is 8. The van der Waals surface area contributed by atoms with Crippen LogP contribution in [0.2, 0.25) is 0 Å². The van der Waals surface area contributed by atoms with Crippen LogP contribution in [0.15, 0.2) is 30.6 Å². The van der Waals surface area contributed by atoms with Gasteiger partial charge in [0.2, 0.25) is 0 Å². The van der Waals surface area contributed by atoms with Crippen LogP contribution >= 0.6 is 0 Å². The van der Waals surface area contributed by atoms with Crippen LogP contribution in [0, 0.1) is 0 Å². The third kappa shape index (κ3) is 7.80. The highest BCUT2D eigenvalue weighted by atomic mass is 16.5. The Bertz CT molecular complexity index is 955. The molecule has 0 saturated carbocycles. The van der Waals surface area contributed by atoms with E-state index in [9.17, 15) is 15.0 Å². The first-order valence-electron chi connectivity index (χ1n) is 12.5. The molecule has 0 unspecified atom stereocenters. The first-order chi connectivity index (χ1) is 16.7. The SMILES string of the molecule is CCOc1ncc(Nc2cc([C@H](CC)CC(=O)O)ccc2N(CC(C)(C)O)C2CCNCC2)cn1. The van der Waals surface area contributed by atoms with Gasteiger partial charge in [0, 0.05) is 12.6 Å². The van der Waals surface area contributed by atoms with Crippen LogP contribution in [-0.4, -0.2) is 64.0 Å². The van der Waals surface area contributed by atoms with E-state index in [1.165, 1.54) is 0 Å². The van der Waals surface area contributed by atoms with Gasteiger partial charge in [-0.3, -0.25) is 4.79 Å². The van der Waals surface area contributed by atoms with Crippen LogP contribution in [0.5, 0.6) is 6.01 Å². The number of carbonyl (C=O) groups is 1. The number of aliphatic hydroxyl groups is 1. The summed E-state index contributed by atoms with van der Waals surface area (Å²) in [5, 5.41) is 27.0. The van der Waals surface area contributed by atoms with E-state index < -0.39 is 11.6 Å². The van der Waals surface area contributed by atoms with Crippen molar-refractivity contribution in [2.75, 3.05) is 36.5 Å². The Morgan fingerprint density at radius 3 is 2.51 bits per heavy atom. The fourth-order valence-corrected chi connectivity index (χ4v) is 4.55. The summed E-state index contributed by atoms with van der Waals surface area (Å²) in [7, 11) is 0. The maximum absolute atomic E-state index is 11.5. The molecule has 9 nitrogen and oxygen atoms in total. The summed E-state index contributed by atoms with van der Waals surface area (Å²) in [4.78, 5) is 22.3. The number of benzene rings is 1. The van der Waals surface area contributed by atoms with Crippen LogP contribution in [0.4, 0.5) is 17.1 Å². The number of ether oxygens (including phenoxy) is 1. The van der Waals surface area contributed by atoms with Crippen molar-refractivity contribution < 1.29 is 19.7 Å². The van der Waals surface area contributed by atoms with Crippen molar-refractivity contribution in [3.63, 3.8) is 0 Å². The van der Waals surface area contributed by atoms with Gasteiger partial charge in [0.05, 0.1) is 48.1 Å². The zero-order chi connectivity index (χ0) is 25.4. The van der Waals surface area contributed by atoms with Crippen molar-refractivity contribution in [1.82, 2.24) is 15.3 Å². The molecule has 9 heteroatoms. The summed E-state index contributed by atoms with van der Waals surface area (Å²) in [6.07, 6.45) is 6.09. The van der Waals surface area contributed by atoms with Gasteiger partial charge in [0.1, 0.15) is 0 Å². The monoisotopic (exact) mass is 485 g/mol. The Morgan fingerprint density at radius 1 is 1.26 bits per heavy atom. The van der Waals surface area contributed by atoms with Gasteiger partial charge in [-0.05, 0) is 76.7 Å². The van der Waals surface area contributed by atoms with E-state index in [1.54, 1.807) is 12.4 Å². The molecule has 0 aliphatic carbocycles. The smallest absolute Gasteiger partial charge is 0.316 e. The molecule has 192 valence electrons. The number of hydrogen-bond donors (Lipinski definition) is 4. The average Bonchev–Trinajstić information content (AvgIpc) is 2.82. The lowest BCUT2D eigenvalue weighted by molar-refractivity contribution is -0.137. The molecule has 1 fully saturated rings. The molecular weight excluding hydrogens is 446 g/mol. The molecule has 1 aromatic carbocycles. The number of nitrogens with zero attached hydrogens (tertiary/aromatic N) is 3. The second-order valence-electron chi connectivity index (χ2n) is 9.71. The normalized spacial score (nSPS) is 15.5. The van der Waals surface area contributed by atoms with Crippen molar-refractivity contribution in [1.29, 1.82) is 0 Å². The number of piperidine rings is 1. The predicted octanol–water partition coefficient (Wildman–Crippen LogP) is 3.92. The van der Waals surface area contributed by atoms with Gasteiger partial charge in [-0.25, -0.2) is 9.97 Å². The second kappa shape index (κ2) is 12.2. The van der Waals surface area contributed by atoms with E-state index in [-0.39, 0.29) is 18.4 Å². The van der Waals surface area contributed by atoms with Gasteiger partial charge in [-0.1, -0.05) is 13.0 Å². The quantitative estimate of drug-likeness (QED) is 0.354. The van der Waals surface area contributed by atoms with Crippen LogP contribution in [0.1, 0.15) is 64.9 Å². The summed E-state index contributed by atoms with van der Waals surface area (Å²) < 4.78 is 5.36. The van der Waals surface area contributed by atoms with Gasteiger partial charge in [0.25, 0.3) is 0 Å². The number of rotatable bonds is 12. The van der Waals surface area contributed by atoms with E-state index in [2.05, 4.69) is 25.5 Å². The highest BCUT2D eigenvalue weighted by Crippen LogP contribution is 2.37. The summed E-state index contributed by atoms with van der Waals surface area (Å²) in [6, 6.07) is 6.68. The van der Waals surface area contributed by atoms with Crippen molar-refractivity contribution in [2.24, 2.45) is 0 Å². The maximum atomic E-state index is 11.5. The largest absolute Gasteiger partial charge is 0.481 e. The molecule has 1 aliphatic rings. The Kier molecular flexibility index (Phi) is 9.28. The Hall–Kier alpha value is -2.91. The average molecular weight is 486 g/mol. The first-order valence-corrected chi connectivity index (χ1v) is 12.5. The zero-order valence-corrected chi connectivity index (χ0v) is 21.3. The van der Waals surface area contributed by atoms with E-state index in [4.69, 9.17) is 4.74 Å². The number of nitrogens with one attached hydrogen (secondary N) is 2. The minimum atomic E-state index is -0.891. The lowest BCUT2D eigenvalue weighted by Crippen LogP contribution is -2.49. The predicted molar refractivity (Wildman–Crippen MR) is 138 cm³/mol. The van der Waals surface area contributed by atoms with Crippen LogP contribution < -0.4 is 20.3 Å². The Labute approximate surface area is 207 Å². The number of anilines is 3. The van der Waals surface area contributed by atoms with E-state index in [1.807, 2.05) is 45.9 Å². The molecule has 1 saturated heterocycles. The topological polar surface area (TPSA) is 120 Å². The highest BCUT2D eigenvalue weighted by Gasteiger charge is 2.29. The molecular formula is C26H39N5O4. The summed E-state index contributed by atoms with van der Waals surface area (Å²) in [5.74, 6) is -0.908. The molecule has 1 aliphatic heterocycles. The van der Waals surface area contributed by atoms with Gasteiger partial charge in [-0.2, -0.15) is 0 Å². The number of aromatic nitrogens is 2. The molecule has 0 amide bonds. The summed E-state index contributed by atoms with van der Waals surface area (Å²) >= 11 is 0. The van der Waals surface area contributed by atoms with Crippen molar-refractivity contribution in [2.45, 2.75) is 70.9 Å². The molecule has 0 spiro atoms. The molecule has 4 N–H and O–H groups in total. The number of carboxylic acid groups (broad SMARTS) is 1. The number of aliphatic carboxylic acids is 1. The Morgan fingerprint density at radius 2 is 1.94 bits per heavy atom. The first kappa shape index (κ1) is 26.7. The minimum Gasteiger partial charge on any atom is -0.481 e. The lowest BCUT2D eigenvalue weighted by Gasteiger charge is -2.40. The fraction of sp³-hybridized carbons (Fsp3) is 0.577. The molecule has 35 heavy (non-hydrogen) atoms. The molecule has 1 atom stereocenters. The standard InChI is InChI=1S/C26H39N5O4/c1-5-18(14-24(32)33)19-7-8-23(31(17-26(3,4)34)21-9-11-27-12-10-21)22(13-19)30-20-15-28-25(29-16-20)35-6-2/h7-8,13,15-16,18,21,27,30,34H,5-6,9-12,14,17H2,1-4H3,(H,32,33)/t18-/m1/s1. The molecule has 0 radical (unpaired) electrons. The van der Waals surface area contributed by atoms with Crippen LogP contribution in [-0.2, 0) is 4.79 Å². The zero-order valence-electron chi connectivity index (χ0n) is 21.3. The third-order valence-corrected chi connectivity index (χ3v) is 6.20. The van der Waals surface area contributed by atoms with Crippen molar-refractivity contribution in [3.05, 3.63) is 36.2 Å². The van der Waals surface area contributed by atoms with E-state index in [0.717, 1.165) is 49.3 Å². The molecule has 2 heterocycles. The van der Waals surface area contributed by atoms with E-state index in [0.29, 0.717) is 24.8 Å². The van der Waals surface area contributed by atoms with Gasteiger partial charge in [0.15, 0.2) is 0 Å². The summed E-state index contributed by atoms with van der Waals surface area (Å²) in [5.41, 5.74) is 2.56. The fourth-order valence-electron chi connectivity index (χ4n) is 4.55. The van der Waals surface area contributed by atoms with Crippen molar-refractivity contribution in [3.8, 4) is 6.01 Å². The molecule has 2 aromatic rings. The summed E-state index contributed by atoms with van der Waals surface area (Å²) in [6.45, 7) is 10.3. The molecule has 3 rings (SSSR count). The molecule has 0 bridgehead atoms. The van der Waals surface area contributed by atoms with E-state index >= 15 is 0 Å². The van der Waals surface area contributed by atoms with Gasteiger partial charge in [-0.15, -0.1) is 0 Å².